The summed E-state index contributed by atoms with van der Waals surface area (Å²) in [4.78, 5) is 50.8. The summed E-state index contributed by atoms with van der Waals surface area (Å²) < 4.78 is 15.9. The van der Waals surface area contributed by atoms with Gasteiger partial charge in [0.05, 0.1) is 34.4 Å². The molecule has 2 aromatic rings. The van der Waals surface area contributed by atoms with E-state index in [1.807, 2.05) is 0 Å². The average molecular weight is 640 g/mol. The largest absolute Gasteiger partial charge is 0.513 e. The molecule has 0 aliphatic rings. The molecule has 0 aliphatic carbocycles. The molecule has 0 spiro atoms. The molecule has 43 heavy (non-hydrogen) atoms. The zero-order chi connectivity index (χ0) is 31.6. The Morgan fingerprint density at radius 1 is 0.791 bits per heavy atom. The summed E-state index contributed by atoms with van der Waals surface area (Å²) in [7, 11) is 0. The summed E-state index contributed by atoms with van der Waals surface area (Å²) in [6.07, 6.45) is 9.67. The molecular formula is C31H40Cl2N2O8. The van der Waals surface area contributed by atoms with E-state index in [4.69, 9.17) is 37.4 Å². The molecule has 236 valence electrons. The van der Waals surface area contributed by atoms with E-state index >= 15 is 0 Å². The number of ether oxygens (including phenoxy) is 3. The van der Waals surface area contributed by atoms with Gasteiger partial charge in [-0.05, 0) is 37.1 Å². The molecule has 2 amide bonds. The molecule has 0 radical (unpaired) electrons. The van der Waals surface area contributed by atoms with Gasteiger partial charge in [0, 0.05) is 17.2 Å². The number of hydrogen-bond acceptors (Lipinski definition) is 8. The number of unbranched alkanes of at least 4 members (excludes halogenated alkanes) is 10. The van der Waals surface area contributed by atoms with Crippen molar-refractivity contribution in [2.45, 2.75) is 90.9 Å². The van der Waals surface area contributed by atoms with Crippen LogP contribution in [-0.4, -0.2) is 36.3 Å². The lowest BCUT2D eigenvalue weighted by molar-refractivity contribution is -0.384. The topological polar surface area (TPSA) is 125 Å². The Balaban J connectivity index is 2.24. The van der Waals surface area contributed by atoms with Crippen LogP contribution in [0.2, 0.25) is 10.0 Å². The van der Waals surface area contributed by atoms with Gasteiger partial charge >= 0.3 is 12.2 Å². The van der Waals surface area contributed by atoms with Crippen LogP contribution in [0.1, 0.15) is 101 Å². The molecule has 0 saturated carbocycles. The van der Waals surface area contributed by atoms with E-state index in [1.54, 1.807) is 0 Å². The van der Waals surface area contributed by atoms with Gasteiger partial charge in [0.2, 0.25) is 0 Å². The van der Waals surface area contributed by atoms with Crippen LogP contribution in [0.5, 0.6) is 5.75 Å². The highest BCUT2D eigenvalue weighted by Crippen LogP contribution is 2.33. The van der Waals surface area contributed by atoms with Gasteiger partial charge in [0.1, 0.15) is 5.75 Å². The summed E-state index contributed by atoms with van der Waals surface area (Å²) in [5.41, 5.74) is -0.724. The number of carbonyl (C=O) groups is 3. The molecule has 0 aromatic heterocycles. The van der Waals surface area contributed by atoms with Gasteiger partial charge < -0.3 is 14.2 Å². The van der Waals surface area contributed by atoms with Crippen molar-refractivity contribution in [3.63, 3.8) is 0 Å². The highest BCUT2D eigenvalue weighted by Gasteiger charge is 2.32. The fourth-order valence-electron chi connectivity index (χ4n) is 4.22. The van der Waals surface area contributed by atoms with Gasteiger partial charge in [0.25, 0.3) is 11.6 Å². The number of benzene rings is 2. The molecule has 12 heteroatoms. The van der Waals surface area contributed by atoms with Gasteiger partial charge in [-0.1, -0.05) is 101 Å². The van der Waals surface area contributed by atoms with Crippen molar-refractivity contribution >= 4 is 52.7 Å². The molecule has 0 saturated heterocycles. The third-order valence-electron chi connectivity index (χ3n) is 6.58. The van der Waals surface area contributed by atoms with Crippen molar-refractivity contribution < 1.29 is 33.5 Å². The number of nitro groups is 1. The highest BCUT2D eigenvalue weighted by atomic mass is 35.5. The lowest BCUT2D eigenvalue weighted by Crippen LogP contribution is -2.38. The second kappa shape index (κ2) is 19.7. The fourth-order valence-corrected chi connectivity index (χ4v) is 4.66. The van der Waals surface area contributed by atoms with Gasteiger partial charge in [-0.15, -0.1) is 0 Å². The molecule has 0 heterocycles. The van der Waals surface area contributed by atoms with E-state index in [1.165, 1.54) is 24.3 Å². The predicted octanol–water partition coefficient (Wildman–Crippen LogP) is 9.92. The molecule has 2 aromatic carbocycles. The van der Waals surface area contributed by atoms with Crippen LogP contribution < -0.4 is 9.64 Å². The van der Waals surface area contributed by atoms with Crippen molar-refractivity contribution in [1.29, 1.82) is 0 Å². The van der Waals surface area contributed by atoms with E-state index in [-0.39, 0.29) is 45.9 Å². The summed E-state index contributed by atoms with van der Waals surface area (Å²) in [5.74, 6) is -1.17. The number of rotatable bonds is 18. The van der Waals surface area contributed by atoms with E-state index in [0.717, 1.165) is 76.3 Å². The van der Waals surface area contributed by atoms with Crippen LogP contribution in [0.25, 0.3) is 0 Å². The molecular weight excluding hydrogens is 599 g/mol. The smallest absolute Gasteiger partial charge is 0.449 e. The number of nitrogens with zero attached hydrogens (tertiary/aromatic N) is 2. The van der Waals surface area contributed by atoms with Crippen molar-refractivity contribution in [1.82, 2.24) is 0 Å². The molecule has 2 rings (SSSR count). The third kappa shape index (κ3) is 12.4. The molecule has 0 N–H and O–H groups in total. The number of amides is 2. The monoisotopic (exact) mass is 638 g/mol. The SMILES string of the molecule is CCCCCCCCOC(=O)Oc1ccc(Cl)cc1C(=O)N(C(=O)OCCCCCCCC)c1ccc([N+](=O)[O-])cc1Cl. The van der Waals surface area contributed by atoms with Gasteiger partial charge in [-0.25, -0.2) is 14.5 Å². The third-order valence-corrected chi connectivity index (χ3v) is 7.11. The first-order valence-corrected chi connectivity index (χ1v) is 15.5. The number of imide groups is 1. The molecule has 0 fully saturated rings. The minimum absolute atomic E-state index is 0.0447. The van der Waals surface area contributed by atoms with Crippen molar-refractivity contribution in [3.05, 3.63) is 62.1 Å². The zero-order valence-electron chi connectivity index (χ0n) is 24.8. The second-order valence-electron chi connectivity index (χ2n) is 10.0. The number of carbonyl (C=O) groups excluding carboxylic acids is 3. The van der Waals surface area contributed by atoms with Crippen LogP contribution in [0.15, 0.2) is 36.4 Å². The minimum Gasteiger partial charge on any atom is -0.449 e. The molecule has 0 unspecified atom stereocenters. The summed E-state index contributed by atoms with van der Waals surface area (Å²) in [6, 6.07) is 7.25. The van der Waals surface area contributed by atoms with Crippen LogP contribution in [0.3, 0.4) is 0 Å². The fraction of sp³-hybridized carbons (Fsp3) is 0.516. The van der Waals surface area contributed by atoms with Gasteiger partial charge in [0.15, 0.2) is 0 Å². The number of anilines is 1. The standard InChI is InChI=1S/C31H40Cl2N2O8/c1-3-5-7-9-11-13-19-41-30(37)34(27-17-16-24(35(39)40)22-26(27)33)29(36)25-21-23(32)15-18-28(25)43-31(38)42-20-14-12-10-8-6-4-2/h15-18,21-22H,3-14,19-20H2,1-2H3. The molecule has 0 atom stereocenters. The van der Waals surface area contributed by atoms with Crippen LogP contribution in [0.4, 0.5) is 21.0 Å². The van der Waals surface area contributed by atoms with Crippen LogP contribution in [0, 0.1) is 10.1 Å². The van der Waals surface area contributed by atoms with Crippen molar-refractivity contribution in [2.75, 3.05) is 18.1 Å². The van der Waals surface area contributed by atoms with E-state index < -0.39 is 23.1 Å². The Hall–Kier alpha value is -3.37. The van der Waals surface area contributed by atoms with Crippen molar-refractivity contribution in [3.8, 4) is 5.75 Å². The molecule has 0 aliphatic heterocycles. The van der Waals surface area contributed by atoms with E-state index in [9.17, 15) is 24.5 Å². The minimum atomic E-state index is -1.05. The lowest BCUT2D eigenvalue weighted by Gasteiger charge is -2.22. The van der Waals surface area contributed by atoms with Crippen LogP contribution in [-0.2, 0) is 9.47 Å². The highest BCUT2D eigenvalue weighted by molar-refractivity contribution is 6.36. The normalized spacial score (nSPS) is 10.7. The average Bonchev–Trinajstić information content (AvgIpc) is 2.97. The Morgan fingerprint density at radius 2 is 1.37 bits per heavy atom. The van der Waals surface area contributed by atoms with Crippen molar-refractivity contribution in [2.24, 2.45) is 0 Å². The number of non-ortho nitro benzene ring substituents is 1. The maximum Gasteiger partial charge on any atom is 0.513 e. The summed E-state index contributed by atoms with van der Waals surface area (Å²) in [6.45, 7) is 4.45. The Morgan fingerprint density at radius 3 is 1.95 bits per heavy atom. The first-order valence-electron chi connectivity index (χ1n) is 14.8. The Labute approximate surface area is 262 Å². The number of halogens is 2. The van der Waals surface area contributed by atoms with E-state index in [2.05, 4.69) is 13.8 Å². The van der Waals surface area contributed by atoms with Crippen LogP contribution >= 0.6 is 23.2 Å². The second-order valence-corrected chi connectivity index (χ2v) is 10.9. The zero-order valence-corrected chi connectivity index (χ0v) is 26.3. The van der Waals surface area contributed by atoms with Gasteiger partial charge in [-0.2, -0.15) is 0 Å². The first kappa shape index (κ1) is 35.8. The number of nitro benzene ring substituents is 1. The summed E-state index contributed by atoms with van der Waals surface area (Å²) >= 11 is 12.5. The first-order chi connectivity index (χ1) is 20.7. The lowest BCUT2D eigenvalue weighted by atomic mass is 10.1. The molecule has 0 bridgehead atoms. The Kier molecular flexibility index (Phi) is 16.5. The van der Waals surface area contributed by atoms with Gasteiger partial charge in [-0.3, -0.25) is 14.9 Å². The summed E-state index contributed by atoms with van der Waals surface area (Å²) in [5, 5.41) is 11.1. The quantitative estimate of drug-likeness (QED) is 0.0519. The number of hydrogen-bond donors (Lipinski definition) is 0. The van der Waals surface area contributed by atoms with E-state index in [0.29, 0.717) is 17.7 Å². The maximum absolute atomic E-state index is 13.8. The molecule has 10 nitrogen and oxygen atoms in total. The Bertz CT molecular complexity index is 1220. The maximum atomic E-state index is 13.8. The predicted molar refractivity (Wildman–Crippen MR) is 166 cm³/mol.